The van der Waals surface area contributed by atoms with Gasteiger partial charge in [0.25, 0.3) is 0 Å². The van der Waals surface area contributed by atoms with Crippen LogP contribution in [-0.4, -0.2) is 24.9 Å². The van der Waals surface area contributed by atoms with E-state index in [2.05, 4.69) is 146 Å². The van der Waals surface area contributed by atoms with Gasteiger partial charge >= 0.3 is 0 Å². The fourth-order valence-electron chi connectivity index (χ4n) is 9.81. The van der Waals surface area contributed by atoms with Crippen LogP contribution in [0.1, 0.15) is 22.3 Å². The SMILES string of the molecule is c1ccc(-c2nc(-c3ccccc3)nc(-c3cccc4c3-c3cccc(-c5nc(-c6ccccc6)nc6c5sc5ccccc56)c3C43c4ccccc4Oc4ccccc43)n2)cc1. The lowest BCUT2D eigenvalue weighted by Gasteiger charge is -2.40. The first-order chi connectivity index (χ1) is 31.2. The summed E-state index contributed by atoms with van der Waals surface area (Å²) in [5, 5.41) is 1.12. The minimum atomic E-state index is -0.818. The summed E-state index contributed by atoms with van der Waals surface area (Å²) in [5.41, 5.74) is 12.3. The van der Waals surface area contributed by atoms with Gasteiger partial charge in [0.2, 0.25) is 0 Å². The number of hydrogen-bond acceptors (Lipinski definition) is 7. The predicted octanol–water partition coefficient (Wildman–Crippen LogP) is 13.8. The van der Waals surface area contributed by atoms with E-state index in [0.717, 1.165) is 94.0 Å². The number of rotatable bonds is 5. The first kappa shape index (κ1) is 35.6. The Labute approximate surface area is 366 Å². The summed E-state index contributed by atoms with van der Waals surface area (Å²) in [5.74, 6) is 4.14. The maximum atomic E-state index is 6.81. The molecule has 0 bridgehead atoms. The third-order valence-corrected chi connectivity index (χ3v) is 13.6. The van der Waals surface area contributed by atoms with Gasteiger partial charge in [-0.25, -0.2) is 24.9 Å². The fourth-order valence-corrected chi connectivity index (χ4v) is 11.0. The van der Waals surface area contributed by atoms with Crippen molar-refractivity contribution in [3.05, 3.63) is 222 Å². The minimum Gasteiger partial charge on any atom is -0.457 e. The molecule has 11 aromatic rings. The van der Waals surface area contributed by atoms with Crippen LogP contribution in [0.15, 0.2) is 200 Å². The van der Waals surface area contributed by atoms with E-state index in [4.69, 9.17) is 29.7 Å². The molecule has 7 heteroatoms. The molecule has 294 valence electrons. The van der Waals surface area contributed by atoms with E-state index < -0.39 is 5.41 Å². The van der Waals surface area contributed by atoms with E-state index >= 15 is 0 Å². The van der Waals surface area contributed by atoms with E-state index in [1.54, 1.807) is 11.3 Å². The maximum absolute atomic E-state index is 6.81. The summed E-state index contributed by atoms with van der Waals surface area (Å²) in [6, 6.07) is 69.4. The predicted molar refractivity (Wildman–Crippen MR) is 253 cm³/mol. The standard InChI is InChI=1S/C56H33N5OS/c1-4-18-34(19-5-1)52-57-49-37-24-10-15-33-46(37)63-51(49)50(58-52)40-27-16-25-38-47-39(55-60-53(35-20-6-2-7-21-35)59-54(61-55)36-22-8-3-9-23-36)26-17-30-43(47)56(48(38)40)41-28-11-13-31-44(41)62-45-32-14-12-29-42(45)56/h1-33H. The molecule has 4 heterocycles. The highest BCUT2D eigenvalue weighted by molar-refractivity contribution is 7.26. The van der Waals surface area contributed by atoms with Gasteiger partial charge in [-0.2, -0.15) is 0 Å². The van der Waals surface area contributed by atoms with Crippen molar-refractivity contribution in [2.45, 2.75) is 5.41 Å². The van der Waals surface area contributed by atoms with Crippen LogP contribution in [0.3, 0.4) is 0 Å². The first-order valence-corrected chi connectivity index (χ1v) is 21.8. The molecule has 3 aromatic heterocycles. The van der Waals surface area contributed by atoms with Crippen LogP contribution in [0.5, 0.6) is 11.5 Å². The van der Waals surface area contributed by atoms with E-state index in [0.29, 0.717) is 23.3 Å². The number of thiophene rings is 1. The second kappa shape index (κ2) is 14.0. The van der Waals surface area contributed by atoms with E-state index in [1.807, 2.05) is 54.6 Å². The van der Waals surface area contributed by atoms with E-state index in [-0.39, 0.29) is 0 Å². The highest BCUT2D eigenvalue weighted by Gasteiger charge is 2.53. The molecule has 0 amide bonds. The number of aromatic nitrogens is 5. The zero-order valence-corrected chi connectivity index (χ0v) is 34.4. The maximum Gasteiger partial charge on any atom is 0.164 e. The van der Waals surface area contributed by atoms with Gasteiger partial charge in [0.1, 0.15) is 11.5 Å². The number of hydrogen-bond donors (Lipinski definition) is 0. The van der Waals surface area contributed by atoms with Crippen LogP contribution < -0.4 is 4.74 Å². The molecule has 0 radical (unpaired) electrons. The molecule has 0 saturated heterocycles. The lowest BCUT2D eigenvalue weighted by atomic mass is 9.65. The molecule has 6 nitrogen and oxygen atoms in total. The van der Waals surface area contributed by atoms with Gasteiger partial charge in [-0.3, -0.25) is 0 Å². The molecule has 1 aliphatic heterocycles. The highest BCUT2D eigenvalue weighted by atomic mass is 32.1. The third-order valence-electron chi connectivity index (χ3n) is 12.4. The zero-order valence-electron chi connectivity index (χ0n) is 33.6. The van der Waals surface area contributed by atoms with Crippen LogP contribution >= 0.6 is 11.3 Å². The van der Waals surface area contributed by atoms with Crippen molar-refractivity contribution in [1.29, 1.82) is 0 Å². The van der Waals surface area contributed by atoms with Gasteiger partial charge in [-0.15, -0.1) is 11.3 Å². The van der Waals surface area contributed by atoms with Crippen molar-refractivity contribution in [2.24, 2.45) is 0 Å². The first-order valence-electron chi connectivity index (χ1n) is 21.0. The van der Waals surface area contributed by atoms with Crippen molar-refractivity contribution in [3.63, 3.8) is 0 Å². The van der Waals surface area contributed by atoms with Gasteiger partial charge in [-0.05, 0) is 40.5 Å². The van der Waals surface area contributed by atoms with E-state index in [9.17, 15) is 0 Å². The van der Waals surface area contributed by atoms with Crippen LogP contribution in [-0.2, 0) is 5.41 Å². The van der Waals surface area contributed by atoms with Crippen LogP contribution in [0.4, 0.5) is 0 Å². The van der Waals surface area contributed by atoms with Crippen LogP contribution in [0.25, 0.3) is 88.2 Å². The zero-order chi connectivity index (χ0) is 41.5. The van der Waals surface area contributed by atoms with Crippen molar-refractivity contribution < 1.29 is 4.74 Å². The molecule has 2 aliphatic rings. The fraction of sp³-hybridized carbons (Fsp3) is 0.0179. The Bertz CT molecular complexity index is 3500. The number of para-hydroxylation sites is 2. The molecule has 0 atom stereocenters. The molecule has 0 saturated carbocycles. The molecule has 1 spiro atoms. The van der Waals surface area contributed by atoms with Gasteiger partial charge in [0.15, 0.2) is 23.3 Å². The van der Waals surface area contributed by atoms with Crippen LogP contribution in [0.2, 0.25) is 0 Å². The molecular weight excluding hydrogens is 791 g/mol. The Morgan fingerprint density at radius 1 is 0.381 bits per heavy atom. The van der Waals surface area contributed by atoms with Crippen LogP contribution in [0, 0.1) is 0 Å². The van der Waals surface area contributed by atoms with Gasteiger partial charge in [0, 0.05) is 49.0 Å². The van der Waals surface area contributed by atoms with Gasteiger partial charge < -0.3 is 4.74 Å². The third kappa shape index (κ3) is 5.33. The number of benzene rings is 8. The highest BCUT2D eigenvalue weighted by Crippen LogP contribution is 2.65. The number of ether oxygens (including phenoxy) is 1. The largest absolute Gasteiger partial charge is 0.457 e. The van der Waals surface area contributed by atoms with Crippen molar-refractivity contribution in [1.82, 2.24) is 24.9 Å². The lowest BCUT2D eigenvalue weighted by Crippen LogP contribution is -2.32. The molecule has 13 rings (SSSR count). The quantitative estimate of drug-likeness (QED) is 0.172. The normalized spacial score (nSPS) is 13.0. The summed E-state index contributed by atoms with van der Waals surface area (Å²) >= 11 is 1.75. The number of nitrogens with zero attached hydrogens (tertiary/aromatic N) is 5. The lowest BCUT2D eigenvalue weighted by molar-refractivity contribution is 0.436. The molecule has 0 unspecified atom stereocenters. The van der Waals surface area contributed by atoms with Gasteiger partial charge in [-0.1, -0.05) is 182 Å². The Morgan fingerprint density at radius 3 is 1.52 bits per heavy atom. The summed E-state index contributed by atoms with van der Waals surface area (Å²) < 4.78 is 9.03. The Hall–Kier alpha value is -8.13. The smallest absolute Gasteiger partial charge is 0.164 e. The van der Waals surface area contributed by atoms with Crippen molar-refractivity contribution >= 4 is 31.6 Å². The van der Waals surface area contributed by atoms with Crippen molar-refractivity contribution in [3.8, 4) is 79.4 Å². The molecule has 63 heavy (non-hydrogen) atoms. The van der Waals surface area contributed by atoms with E-state index in [1.165, 1.54) is 4.70 Å². The summed E-state index contributed by atoms with van der Waals surface area (Å²) in [6.07, 6.45) is 0. The second-order valence-electron chi connectivity index (χ2n) is 15.9. The summed E-state index contributed by atoms with van der Waals surface area (Å²) in [4.78, 5) is 26.5. The second-order valence-corrected chi connectivity index (χ2v) is 16.9. The topological polar surface area (TPSA) is 73.7 Å². The molecule has 0 fully saturated rings. The average Bonchev–Trinajstić information content (AvgIpc) is 3.89. The molecule has 0 N–H and O–H groups in total. The van der Waals surface area contributed by atoms with Crippen molar-refractivity contribution in [2.75, 3.05) is 0 Å². The summed E-state index contributed by atoms with van der Waals surface area (Å²) in [6.45, 7) is 0. The number of fused-ring (bicyclic) bond motifs is 12. The monoisotopic (exact) mass is 823 g/mol. The van der Waals surface area contributed by atoms with Gasteiger partial charge in [0.05, 0.1) is 21.3 Å². The minimum absolute atomic E-state index is 0.599. The summed E-state index contributed by atoms with van der Waals surface area (Å²) in [7, 11) is 0. The Kier molecular flexibility index (Phi) is 7.89. The molecular formula is C56H33N5OS. The molecule has 8 aromatic carbocycles. The average molecular weight is 824 g/mol. The molecule has 1 aliphatic carbocycles. The Morgan fingerprint density at radius 2 is 0.873 bits per heavy atom. The Balaban J connectivity index is 1.17.